The van der Waals surface area contributed by atoms with Gasteiger partial charge < -0.3 is 4.57 Å². The molecule has 0 radical (unpaired) electrons. The number of para-hydroxylation sites is 3. The molecule has 0 saturated heterocycles. The van der Waals surface area contributed by atoms with Crippen LogP contribution in [-0.4, -0.2) is 19.1 Å². The molecule has 260 valence electrons. The lowest BCUT2D eigenvalue weighted by molar-refractivity contribution is 1.08. The van der Waals surface area contributed by atoms with Crippen LogP contribution < -0.4 is 0 Å². The molecule has 0 amide bonds. The molecular formula is C52H32N4. The van der Waals surface area contributed by atoms with E-state index in [1.807, 2.05) is 24.3 Å². The van der Waals surface area contributed by atoms with Crippen molar-refractivity contribution in [3.63, 3.8) is 0 Å². The number of aromatic nitrogens is 4. The van der Waals surface area contributed by atoms with Crippen molar-refractivity contribution in [2.24, 2.45) is 0 Å². The fourth-order valence-corrected chi connectivity index (χ4v) is 8.98. The van der Waals surface area contributed by atoms with Gasteiger partial charge in [-0.05, 0) is 87.3 Å². The fourth-order valence-electron chi connectivity index (χ4n) is 8.98. The number of nitrogens with zero attached hydrogens (tertiary/aromatic N) is 4. The molecule has 56 heavy (non-hydrogen) atoms. The molecule has 0 bridgehead atoms. The van der Waals surface area contributed by atoms with Gasteiger partial charge in [0.25, 0.3) is 0 Å². The Hall–Kier alpha value is -7.56. The molecule has 0 aliphatic carbocycles. The van der Waals surface area contributed by atoms with E-state index in [0.717, 1.165) is 44.8 Å². The normalized spacial score (nSPS) is 11.9. The number of fused-ring (bicyclic) bond motifs is 9. The molecule has 0 unspecified atom stereocenters. The van der Waals surface area contributed by atoms with E-state index in [0.29, 0.717) is 0 Å². The summed E-state index contributed by atoms with van der Waals surface area (Å²) in [4.78, 5) is 10.7. The van der Waals surface area contributed by atoms with Crippen molar-refractivity contribution in [2.45, 2.75) is 0 Å². The van der Waals surface area contributed by atoms with Crippen LogP contribution >= 0.6 is 0 Å². The third kappa shape index (κ3) is 4.53. The van der Waals surface area contributed by atoms with Crippen LogP contribution in [0.2, 0.25) is 0 Å². The summed E-state index contributed by atoms with van der Waals surface area (Å²) in [6.45, 7) is 0. The van der Waals surface area contributed by atoms with Crippen LogP contribution in [0, 0.1) is 0 Å². The van der Waals surface area contributed by atoms with Crippen molar-refractivity contribution in [2.75, 3.05) is 0 Å². The molecule has 0 N–H and O–H groups in total. The van der Waals surface area contributed by atoms with Crippen LogP contribution in [0.15, 0.2) is 194 Å². The molecular weight excluding hydrogens is 681 g/mol. The highest BCUT2D eigenvalue weighted by atomic mass is 15.1. The maximum atomic E-state index is 5.42. The maximum absolute atomic E-state index is 5.42. The first kappa shape index (κ1) is 30.9. The predicted molar refractivity (Wildman–Crippen MR) is 234 cm³/mol. The Morgan fingerprint density at radius 3 is 1.68 bits per heavy atom. The lowest BCUT2D eigenvalue weighted by Gasteiger charge is -2.14. The molecule has 4 heteroatoms. The quantitative estimate of drug-likeness (QED) is 0.182. The zero-order valence-corrected chi connectivity index (χ0v) is 30.3. The molecule has 0 spiro atoms. The summed E-state index contributed by atoms with van der Waals surface area (Å²) < 4.78 is 4.77. The lowest BCUT2D eigenvalue weighted by Crippen LogP contribution is -2.03. The first-order valence-corrected chi connectivity index (χ1v) is 19.1. The standard InChI is InChI=1S/C52H32N4/c1-2-15-34(16-3-1)51-52(54-44-24-10-9-23-43(44)53-51)56-47-27-13-22-40(50(47)42-31-36-18-6-7-19-37(36)32-48(42)56)39-21-12-26-46-49(39)41-20-8-11-25-45(41)55(46)38-29-28-33-14-4-5-17-35(33)30-38/h1-32H. The van der Waals surface area contributed by atoms with E-state index < -0.39 is 0 Å². The van der Waals surface area contributed by atoms with E-state index in [2.05, 4.69) is 179 Å². The Bertz CT molecular complexity index is 3540. The average Bonchev–Trinajstić information content (AvgIpc) is 3.78. The molecule has 12 aromatic rings. The van der Waals surface area contributed by atoms with Gasteiger partial charge in [0.2, 0.25) is 0 Å². The number of benzene rings is 9. The molecule has 0 aliphatic heterocycles. The highest BCUT2D eigenvalue weighted by Crippen LogP contribution is 2.45. The molecule has 3 heterocycles. The molecule has 0 aliphatic rings. The van der Waals surface area contributed by atoms with E-state index >= 15 is 0 Å². The van der Waals surface area contributed by atoms with Gasteiger partial charge >= 0.3 is 0 Å². The summed E-state index contributed by atoms with van der Waals surface area (Å²) >= 11 is 0. The van der Waals surface area contributed by atoms with Crippen LogP contribution in [0.4, 0.5) is 0 Å². The van der Waals surface area contributed by atoms with Crippen LogP contribution in [0.25, 0.3) is 110 Å². The van der Waals surface area contributed by atoms with Crippen molar-refractivity contribution in [1.29, 1.82) is 0 Å². The summed E-state index contributed by atoms with van der Waals surface area (Å²) in [5.74, 6) is 0.813. The van der Waals surface area contributed by atoms with Gasteiger partial charge in [0.15, 0.2) is 5.82 Å². The maximum Gasteiger partial charge on any atom is 0.165 e. The van der Waals surface area contributed by atoms with Crippen molar-refractivity contribution < 1.29 is 0 Å². The van der Waals surface area contributed by atoms with Gasteiger partial charge in [-0.1, -0.05) is 140 Å². The van der Waals surface area contributed by atoms with Crippen molar-refractivity contribution >= 4 is 76.2 Å². The summed E-state index contributed by atoms with van der Waals surface area (Å²) in [6.07, 6.45) is 0. The zero-order chi connectivity index (χ0) is 36.7. The minimum Gasteiger partial charge on any atom is -0.309 e. The fraction of sp³-hybridized carbons (Fsp3) is 0. The molecule has 3 aromatic heterocycles. The van der Waals surface area contributed by atoms with E-state index in [9.17, 15) is 0 Å². The largest absolute Gasteiger partial charge is 0.309 e. The Kier molecular flexibility index (Phi) is 6.60. The molecule has 4 nitrogen and oxygen atoms in total. The number of hydrogen-bond donors (Lipinski definition) is 0. The highest BCUT2D eigenvalue weighted by molar-refractivity contribution is 6.23. The lowest BCUT2D eigenvalue weighted by atomic mass is 9.95. The van der Waals surface area contributed by atoms with Gasteiger partial charge in [-0.25, -0.2) is 9.97 Å². The highest BCUT2D eigenvalue weighted by Gasteiger charge is 2.24. The summed E-state index contributed by atoms with van der Waals surface area (Å²) in [6, 6.07) is 69.7. The second-order valence-corrected chi connectivity index (χ2v) is 14.6. The molecule has 0 saturated carbocycles. The van der Waals surface area contributed by atoms with Crippen molar-refractivity contribution in [3.05, 3.63) is 194 Å². The van der Waals surface area contributed by atoms with Gasteiger partial charge in [-0.3, -0.25) is 4.57 Å². The third-order valence-corrected chi connectivity index (χ3v) is 11.4. The Balaban J connectivity index is 1.21. The van der Waals surface area contributed by atoms with E-state index in [1.165, 1.54) is 65.3 Å². The Morgan fingerprint density at radius 2 is 0.911 bits per heavy atom. The van der Waals surface area contributed by atoms with Crippen LogP contribution in [0.1, 0.15) is 0 Å². The van der Waals surface area contributed by atoms with Gasteiger partial charge in [0.1, 0.15) is 5.69 Å². The minimum atomic E-state index is 0.813. The Labute approximate surface area is 322 Å². The number of hydrogen-bond acceptors (Lipinski definition) is 2. The smallest absolute Gasteiger partial charge is 0.165 e. The first-order valence-electron chi connectivity index (χ1n) is 19.1. The average molecular weight is 713 g/mol. The van der Waals surface area contributed by atoms with E-state index in [1.54, 1.807) is 0 Å². The zero-order valence-electron chi connectivity index (χ0n) is 30.3. The third-order valence-electron chi connectivity index (χ3n) is 11.4. The predicted octanol–water partition coefficient (Wildman–Crippen LogP) is 13.5. The molecule has 9 aromatic carbocycles. The summed E-state index contributed by atoms with van der Waals surface area (Å²) in [5, 5.41) is 9.68. The molecule has 0 atom stereocenters. The van der Waals surface area contributed by atoms with Gasteiger partial charge in [0, 0.05) is 32.8 Å². The second kappa shape index (κ2) is 12.0. The first-order chi connectivity index (χ1) is 27.8. The Morgan fingerprint density at radius 1 is 0.339 bits per heavy atom. The molecule has 0 fully saturated rings. The van der Waals surface area contributed by atoms with Crippen LogP contribution in [0.5, 0.6) is 0 Å². The minimum absolute atomic E-state index is 0.813. The van der Waals surface area contributed by atoms with Crippen molar-refractivity contribution in [1.82, 2.24) is 19.1 Å². The number of rotatable bonds is 4. The topological polar surface area (TPSA) is 35.6 Å². The molecule has 12 rings (SSSR count). The van der Waals surface area contributed by atoms with Gasteiger partial charge in [0.05, 0.1) is 33.1 Å². The van der Waals surface area contributed by atoms with Crippen molar-refractivity contribution in [3.8, 4) is 33.9 Å². The van der Waals surface area contributed by atoms with E-state index in [4.69, 9.17) is 9.97 Å². The van der Waals surface area contributed by atoms with Gasteiger partial charge in [-0.15, -0.1) is 0 Å². The second-order valence-electron chi connectivity index (χ2n) is 14.6. The summed E-state index contributed by atoms with van der Waals surface area (Å²) in [5.41, 5.74) is 11.7. The van der Waals surface area contributed by atoms with Gasteiger partial charge in [-0.2, -0.15) is 0 Å². The van der Waals surface area contributed by atoms with Crippen LogP contribution in [0.3, 0.4) is 0 Å². The summed E-state index contributed by atoms with van der Waals surface area (Å²) in [7, 11) is 0. The SMILES string of the molecule is c1ccc(-c2nc3ccccc3nc2-n2c3cc4ccccc4cc3c3c(-c4cccc5c4c4ccccc4n5-c4ccc5ccccc5c4)cccc32)cc1. The monoisotopic (exact) mass is 712 g/mol. The van der Waals surface area contributed by atoms with E-state index in [-0.39, 0.29) is 0 Å². The van der Waals surface area contributed by atoms with Crippen LogP contribution in [-0.2, 0) is 0 Å².